The first-order chi connectivity index (χ1) is 12.1. The van der Waals surface area contributed by atoms with Gasteiger partial charge in [-0.3, -0.25) is 4.79 Å². The molecule has 1 aromatic heterocycles. The van der Waals surface area contributed by atoms with Crippen LogP contribution in [0.15, 0.2) is 42.5 Å². The van der Waals surface area contributed by atoms with Crippen LogP contribution < -0.4 is 5.32 Å². The molecule has 25 heavy (non-hydrogen) atoms. The van der Waals surface area contributed by atoms with Gasteiger partial charge in [-0.1, -0.05) is 30.3 Å². The lowest BCUT2D eigenvalue weighted by Crippen LogP contribution is -2.44. The van der Waals surface area contributed by atoms with Crippen molar-refractivity contribution in [3.8, 4) is 0 Å². The SMILES string of the molecule is Cc1ccc(CN(CCc2ccccc2)C(=O)[C@H]2CCN[C@@H](C)C2)s1. The first-order valence-corrected chi connectivity index (χ1v) is 10.0. The van der Waals surface area contributed by atoms with E-state index < -0.39 is 0 Å². The highest BCUT2D eigenvalue weighted by atomic mass is 32.1. The molecule has 1 N–H and O–H groups in total. The highest BCUT2D eigenvalue weighted by Gasteiger charge is 2.28. The minimum atomic E-state index is 0.160. The maximum atomic E-state index is 13.2. The molecule has 0 spiro atoms. The maximum absolute atomic E-state index is 13.2. The summed E-state index contributed by atoms with van der Waals surface area (Å²) in [6.45, 7) is 6.78. The molecule has 1 saturated heterocycles. The van der Waals surface area contributed by atoms with Gasteiger partial charge in [0.15, 0.2) is 0 Å². The van der Waals surface area contributed by atoms with Gasteiger partial charge in [-0.15, -0.1) is 11.3 Å². The van der Waals surface area contributed by atoms with Crippen LogP contribution in [-0.4, -0.2) is 29.9 Å². The number of nitrogens with one attached hydrogen (secondary N) is 1. The van der Waals surface area contributed by atoms with E-state index >= 15 is 0 Å². The zero-order chi connectivity index (χ0) is 17.6. The Labute approximate surface area is 155 Å². The number of amides is 1. The van der Waals surface area contributed by atoms with E-state index in [9.17, 15) is 4.79 Å². The molecular formula is C21H28N2OS. The first kappa shape index (κ1) is 18.2. The van der Waals surface area contributed by atoms with Crippen LogP contribution >= 0.6 is 11.3 Å². The van der Waals surface area contributed by atoms with Crippen molar-refractivity contribution in [3.63, 3.8) is 0 Å². The van der Waals surface area contributed by atoms with E-state index in [2.05, 4.69) is 60.5 Å². The molecule has 0 aliphatic carbocycles. The predicted octanol–water partition coefficient (Wildman–Crippen LogP) is 4.02. The number of carbonyl (C=O) groups excluding carboxylic acids is 1. The molecule has 3 rings (SSSR count). The number of hydrogen-bond acceptors (Lipinski definition) is 3. The molecule has 0 unspecified atom stereocenters. The van der Waals surface area contributed by atoms with Crippen LogP contribution in [0, 0.1) is 12.8 Å². The Bertz CT molecular complexity index is 682. The van der Waals surface area contributed by atoms with Crippen LogP contribution in [0.2, 0.25) is 0 Å². The number of rotatable bonds is 6. The van der Waals surface area contributed by atoms with Gasteiger partial charge < -0.3 is 10.2 Å². The lowest BCUT2D eigenvalue weighted by molar-refractivity contribution is -0.137. The van der Waals surface area contributed by atoms with Crippen molar-refractivity contribution >= 4 is 17.2 Å². The van der Waals surface area contributed by atoms with Gasteiger partial charge >= 0.3 is 0 Å². The highest BCUT2D eigenvalue weighted by Crippen LogP contribution is 2.23. The second-order valence-corrected chi connectivity index (χ2v) is 8.46. The van der Waals surface area contributed by atoms with Crippen LogP contribution in [-0.2, 0) is 17.8 Å². The summed E-state index contributed by atoms with van der Waals surface area (Å²) in [6.07, 6.45) is 2.82. The van der Waals surface area contributed by atoms with Crippen molar-refractivity contribution in [2.45, 2.75) is 45.7 Å². The molecule has 1 aromatic carbocycles. The van der Waals surface area contributed by atoms with E-state index in [0.717, 1.165) is 38.9 Å². The molecule has 1 aliphatic heterocycles. The van der Waals surface area contributed by atoms with Crippen LogP contribution in [0.4, 0.5) is 0 Å². The van der Waals surface area contributed by atoms with Crippen LogP contribution in [0.25, 0.3) is 0 Å². The molecule has 134 valence electrons. The van der Waals surface area contributed by atoms with E-state index in [-0.39, 0.29) is 5.92 Å². The molecule has 1 fully saturated rings. The topological polar surface area (TPSA) is 32.3 Å². The summed E-state index contributed by atoms with van der Waals surface area (Å²) in [5, 5.41) is 3.45. The Hall–Kier alpha value is -1.65. The Kier molecular flexibility index (Phi) is 6.27. The summed E-state index contributed by atoms with van der Waals surface area (Å²) < 4.78 is 0. The fourth-order valence-electron chi connectivity index (χ4n) is 3.55. The lowest BCUT2D eigenvalue weighted by Gasteiger charge is -2.32. The Balaban J connectivity index is 1.69. The van der Waals surface area contributed by atoms with Gasteiger partial charge in [0.05, 0.1) is 6.54 Å². The number of aryl methyl sites for hydroxylation is 1. The van der Waals surface area contributed by atoms with Gasteiger partial charge in [-0.05, 0) is 57.4 Å². The monoisotopic (exact) mass is 356 g/mol. The van der Waals surface area contributed by atoms with Gasteiger partial charge in [-0.25, -0.2) is 0 Å². The standard InChI is InChI=1S/C21H28N2OS/c1-16-14-19(10-12-22-16)21(24)23(15-20-9-8-17(2)25-20)13-11-18-6-4-3-5-7-18/h3-9,16,19,22H,10-15H2,1-2H3/t16-,19-/m0/s1. The third-order valence-electron chi connectivity index (χ3n) is 4.94. The first-order valence-electron chi connectivity index (χ1n) is 9.23. The third-order valence-corrected chi connectivity index (χ3v) is 5.93. The summed E-state index contributed by atoms with van der Waals surface area (Å²) >= 11 is 1.80. The molecule has 0 saturated carbocycles. The second-order valence-electron chi connectivity index (χ2n) is 7.08. The van der Waals surface area contributed by atoms with E-state index in [4.69, 9.17) is 0 Å². The van der Waals surface area contributed by atoms with Gasteiger partial charge in [0.25, 0.3) is 0 Å². The number of nitrogens with zero attached hydrogens (tertiary/aromatic N) is 1. The minimum absolute atomic E-state index is 0.160. The summed E-state index contributed by atoms with van der Waals surface area (Å²) in [5.74, 6) is 0.489. The summed E-state index contributed by atoms with van der Waals surface area (Å²) in [7, 11) is 0. The quantitative estimate of drug-likeness (QED) is 0.848. The fraction of sp³-hybridized carbons (Fsp3) is 0.476. The Morgan fingerprint density at radius 1 is 1.24 bits per heavy atom. The minimum Gasteiger partial charge on any atom is -0.337 e. The average Bonchev–Trinajstić information content (AvgIpc) is 3.04. The molecule has 4 heteroatoms. The molecule has 0 bridgehead atoms. The van der Waals surface area contributed by atoms with Crippen LogP contribution in [0.3, 0.4) is 0 Å². The summed E-state index contributed by atoms with van der Waals surface area (Å²) in [5.41, 5.74) is 1.29. The second kappa shape index (κ2) is 8.63. The van der Waals surface area contributed by atoms with Gasteiger partial charge in [0, 0.05) is 28.3 Å². The Morgan fingerprint density at radius 3 is 2.72 bits per heavy atom. The zero-order valence-corrected chi connectivity index (χ0v) is 16.0. The van der Waals surface area contributed by atoms with E-state index in [0.29, 0.717) is 11.9 Å². The van der Waals surface area contributed by atoms with Crippen molar-refractivity contribution in [2.24, 2.45) is 5.92 Å². The van der Waals surface area contributed by atoms with Crippen LogP contribution in [0.1, 0.15) is 35.1 Å². The van der Waals surface area contributed by atoms with Gasteiger partial charge in [-0.2, -0.15) is 0 Å². The smallest absolute Gasteiger partial charge is 0.226 e. The number of piperidine rings is 1. The number of benzene rings is 1. The number of thiophene rings is 1. The Morgan fingerprint density at radius 2 is 2.04 bits per heavy atom. The average molecular weight is 357 g/mol. The zero-order valence-electron chi connectivity index (χ0n) is 15.2. The molecule has 2 heterocycles. The molecular weight excluding hydrogens is 328 g/mol. The molecule has 1 amide bonds. The number of carbonyl (C=O) groups is 1. The van der Waals surface area contributed by atoms with E-state index in [1.807, 2.05) is 6.07 Å². The molecule has 3 nitrogen and oxygen atoms in total. The van der Waals surface area contributed by atoms with Crippen molar-refractivity contribution in [1.82, 2.24) is 10.2 Å². The third kappa shape index (κ3) is 5.16. The van der Waals surface area contributed by atoms with Crippen molar-refractivity contribution in [3.05, 3.63) is 57.8 Å². The van der Waals surface area contributed by atoms with Crippen molar-refractivity contribution in [2.75, 3.05) is 13.1 Å². The largest absolute Gasteiger partial charge is 0.337 e. The predicted molar refractivity (Wildman–Crippen MR) is 105 cm³/mol. The molecule has 2 atom stereocenters. The fourth-order valence-corrected chi connectivity index (χ4v) is 4.45. The normalized spacial score (nSPS) is 20.4. The summed E-state index contributed by atoms with van der Waals surface area (Å²) in [6, 6.07) is 15.2. The van der Waals surface area contributed by atoms with E-state index in [1.165, 1.54) is 15.3 Å². The van der Waals surface area contributed by atoms with Crippen LogP contribution in [0.5, 0.6) is 0 Å². The van der Waals surface area contributed by atoms with Gasteiger partial charge in [0.2, 0.25) is 5.91 Å². The number of hydrogen-bond donors (Lipinski definition) is 1. The van der Waals surface area contributed by atoms with E-state index in [1.54, 1.807) is 11.3 Å². The molecule has 0 radical (unpaired) electrons. The lowest BCUT2D eigenvalue weighted by atomic mass is 9.92. The highest BCUT2D eigenvalue weighted by molar-refractivity contribution is 7.11. The molecule has 2 aromatic rings. The van der Waals surface area contributed by atoms with Crippen molar-refractivity contribution in [1.29, 1.82) is 0 Å². The summed E-state index contributed by atoms with van der Waals surface area (Å²) in [4.78, 5) is 17.8. The van der Waals surface area contributed by atoms with Gasteiger partial charge in [0.1, 0.15) is 0 Å². The molecule has 1 aliphatic rings. The maximum Gasteiger partial charge on any atom is 0.226 e. The van der Waals surface area contributed by atoms with Crippen molar-refractivity contribution < 1.29 is 4.79 Å².